The highest BCUT2D eigenvalue weighted by Gasteiger charge is 2.52. The van der Waals surface area contributed by atoms with E-state index < -0.39 is 7.12 Å². The molecule has 1 aromatic heterocycles. The van der Waals surface area contributed by atoms with Crippen LogP contribution in [0.25, 0.3) is 6.08 Å². The topological polar surface area (TPSA) is 35.5 Å². The summed E-state index contributed by atoms with van der Waals surface area (Å²) in [5.74, 6) is 0.585. The average Bonchev–Trinajstić information content (AvgIpc) is 2.91. The molecule has 3 nitrogen and oxygen atoms in total. The summed E-state index contributed by atoms with van der Waals surface area (Å²) >= 11 is 2.93. The predicted molar refractivity (Wildman–Crippen MR) is 91.5 cm³/mol. The first kappa shape index (κ1) is 16.8. The number of thiophene rings is 1. The summed E-state index contributed by atoms with van der Waals surface area (Å²) in [6.07, 6.45) is 2.06. The Labute approximate surface area is 135 Å². The van der Waals surface area contributed by atoms with Gasteiger partial charge in [-0.1, -0.05) is 17.8 Å². The molecule has 2 heterocycles. The molecule has 0 unspecified atom stereocenters. The van der Waals surface area contributed by atoms with E-state index in [1.165, 1.54) is 11.8 Å². The first-order chi connectivity index (χ1) is 9.71. The molecule has 0 aromatic carbocycles. The average molecular weight is 324 g/mol. The van der Waals surface area contributed by atoms with Crippen LogP contribution in [0.15, 0.2) is 22.3 Å². The van der Waals surface area contributed by atoms with Gasteiger partial charge in [-0.3, -0.25) is 4.79 Å². The lowest BCUT2D eigenvalue weighted by Gasteiger charge is -2.32. The van der Waals surface area contributed by atoms with Crippen molar-refractivity contribution in [2.24, 2.45) is 0 Å². The van der Waals surface area contributed by atoms with Crippen LogP contribution in [0.3, 0.4) is 0 Å². The zero-order valence-electron chi connectivity index (χ0n) is 13.1. The first-order valence-electron chi connectivity index (χ1n) is 6.93. The number of rotatable bonds is 4. The zero-order chi connectivity index (χ0) is 15.7. The van der Waals surface area contributed by atoms with Crippen molar-refractivity contribution in [3.05, 3.63) is 27.9 Å². The molecule has 1 aromatic rings. The third-order valence-electron chi connectivity index (χ3n) is 3.89. The molecule has 0 spiro atoms. The smallest absolute Gasteiger partial charge is 0.400 e. The third-order valence-corrected chi connectivity index (χ3v) is 5.48. The minimum absolute atomic E-state index is 0.0998. The van der Waals surface area contributed by atoms with E-state index in [2.05, 4.69) is 11.5 Å². The number of hydrogen-bond donors (Lipinski definition) is 0. The molecule has 6 heteroatoms. The van der Waals surface area contributed by atoms with Crippen molar-refractivity contribution in [3.8, 4) is 0 Å². The van der Waals surface area contributed by atoms with Crippen molar-refractivity contribution >= 4 is 41.4 Å². The van der Waals surface area contributed by atoms with Crippen LogP contribution in [-0.4, -0.2) is 29.2 Å². The van der Waals surface area contributed by atoms with Gasteiger partial charge < -0.3 is 9.31 Å². The Morgan fingerprint density at radius 3 is 2.43 bits per heavy atom. The standard InChI is InChI=1S/C15H21BO3S2/c1-11(17)21-10-13(8-12-6-7-20-9-12)16-18-14(2,3)15(4,5)19-16/h6-9H,10H2,1-5H3. The number of carbonyl (C=O) groups excluding carboxylic acids is 1. The van der Waals surface area contributed by atoms with E-state index in [0.717, 1.165) is 11.0 Å². The van der Waals surface area contributed by atoms with E-state index in [9.17, 15) is 4.79 Å². The Morgan fingerprint density at radius 2 is 1.95 bits per heavy atom. The molecule has 0 saturated carbocycles. The SMILES string of the molecule is CC(=O)SCC(=Cc1ccsc1)B1OC(C)(C)C(C)(C)O1. The number of hydrogen-bond acceptors (Lipinski definition) is 5. The van der Waals surface area contributed by atoms with Gasteiger partial charge in [-0.25, -0.2) is 0 Å². The Bertz CT molecular complexity index is 519. The van der Waals surface area contributed by atoms with E-state index in [1.54, 1.807) is 18.3 Å². The highest BCUT2D eigenvalue weighted by molar-refractivity contribution is 8.13. The molecular weight excluding hydrogens is 303 g/mol. The molecule has 0 atom stereocenters. The quantitative estimate of drug-likeness (QED) is 0.783. The lowest BCUT2D eigenvalue weighted by molar-refractivity contribution is -0.109. The van der Waals surface area contributed by atoms with E-state index in [1.807, 2.05) is 39.1 Å². The van der Waals surface area contributed by atoms with Crippen LogP contribution in [-0.2, 0) is 14.1 Å². The highest BCUT2D eigenvalue weighted by Crippen LogP contribution is 2.39. The summed E-state index contributed by atoms with van der Waals surface area (Å²) < 4.78 is 12.2. The van der Waals surface area contributed by atoms with Gasteiger partial charge in [0.25, 0.3) is 0 Å². The summed E-state index contributed by atoms with van der Waals surface area (Å²) in [5.41, 5.74) is 1.37. The molecule has 0 amide bonds. The summed E-state index contributed by atoms with van der Waals surface area (Å²) in [4.78, 5) is 11.3. The molecule has 0 radical (unpaired) electrons. The summed E-state index contributed by atoms with van der Waals surface area (Å²) in [7, 11) is -0.401. The summed E-state index contributed by atoms with van der Waals surface area (Å²) in [5, 5.41) is 4.21. The van der Waals surface area contributed by atoms with Gasteiger partial charge in [0, 0.05) is 12.7 Å². The van der Waals surface area contributed by atoms with E-state index >= 15 is 0 Å². The molecule has 0 bridgehead atoms. The van der Waals surface area contributed by atoms with Gasteiger partial charge in [-0.05, 0) is 55.6 Å². The molecule has 1 aliphatic heterocycles. The summed E-state index contributed by atoms with van der Waals surface area (Å²) in [6.45, 7) is 9.72. The minimum Gasteiger partial charge on any atom is -0.400 e. The highest BCUT2D eigenvalue weighted by atomic mass is 32.2. The fourth-order valence-corrected chi connectivity index (χ4v) is 3.14. The molecular formula is C15H21BO3S2. The van der Waals surface area contributed by atoms with Crippen LogP contribution in [0.5, 0.6) is 0 Å². The van der Waals surface area contributed by atoms with Gasteiger partial charge in [0.1, 0.15) is 0 Å². The Kier molecular flexibility index (Phi) is 5.03. The van der Waals surface area contributed by atoms with Crippen molar-refractivity contribution in [3.63, 3.8) is 0 Å². The van der Waals surface area contributed by atoms with Crippen molar-refractivity contribution in [1.82, 2.24) is 0 Å². The van der Waals surface area contributed by atoms with Gasteiger partial charge in [-0.2, -0.15) is 11.3 Å². The van der Waals surface area contributed by atoms with Crippen LogP contribution >= 0.6 is 23.1 Å². The normalized spacial score (nSPS) is 20.8. The number of carbonyl (C=O) groups is 1. The second-order valence-electron chi connectivity index (χ2n) is 6.14. The van der Waals surface area contributed by atoms with Crippen molar-refractivity contribution in [2.45, 2.75) is 45.8 Å². The van der Waals surface area contributed by atoms with Crippen molar-refractivity contribution in [2.75, 3.05) is 5.75 Å². The van der Waals surface area contributed by atoms with E-state index in [4.69, 9.17) is 9.31 Å². The summed E-state index contributed by atoms with van der Waals surface area (Å²) in [6, 6.07) is 2.05. The Morgan fingerprint density at radius 1 is 1.33 bits per heavy atom. The maximum atomic E-state index is 11.3. The predicted octanol–water partition coefficient (Wildman–Crippen LogP) is 4.04. The molecule has 1 aliphatic rings. The van der Waals surface area contributed by atoms with Gasteiger partial charge in [-0.15, -0.1) is 0 Å². The molecule has 0 N–H and O–H groups in total. The minimum atomic E-state index is -0.401. The molecule has 1 saturated heterocycles. The molecule has 0 aliphatic carbocycles. The maximum absolute atomic E-state index is 11.3. The molecule has 21 heavy (non-hydrogen) atoms. The lowest BCUT2D eigenvalue weighted by Crippen LogP contribution is -2.41. The van der Waals surface area contributed by atoms with Gasteiger partial charge >= 0.3 is 7.12 Å². The fraction of sp³-hybridized carbons (Fsp3) is 0.533. The zero-order valence-corrected chi connectivity index (χ0v) is 14.8. The third kappa shape index (κ3) is 4.00. The van der Waals surface area contributed by atoms with Gasteiger partial charge in [0.2, 0.25) is 0 Å². The van der Waals surface area contributed by atoms with E-state index in [-0.39, 0.29) is 16.3 Å². The largest absolute Gasteiger partial charge is 0.491 e. The maximum Gasteiger partial charge on any atom is 0.491 e. The van der Waals surface area contributed by atoms with Crippen LogP contribution in [0.2, 0.25) is 0 Å². The van der Waals surface area contributed by atoms with Crippen LogP contribution < -0.4 is 0 Å². The first-order valence-corrected chi connectivity index (χ1v) is 8.86. The molecule has 114 valence electrons. The van der Waals surface area contributed by atoms with Gasteiger partial charge in [0.05, 0.1) is 11.2 Å². The van der Waals surface area contributed by atoms with E-state index in [0.29, 0.717) is 5.75 Å². The van der Waals surface area contributed by atoms with Crippen molar-refractivity contribution < 1.29 is 14.1 Å². The Hall–Kier alpha value is -0.555. The number of thioether (sulfide) groups is 1. The van der Waals surface area contributed by atoms with Gasteiger partial charge in [0.15, 0.2) is 5.12 Å². The molecule has 1 fully saturated rings. The van der Waals surface area contributed by atoms with Crippen molar-refractivity contribution in [1.29, 1.82) is 0 Å². The molecule has 2 rings (SSSR count). The fourth-order valence-electron chi connectivity index (χ4n) is 1.93. The second kappa shape index (κ2) is 6.28. The second-order valence-corrected chi connectivity index (χ2v) is 8.08. The lowest BCUT2D eigenvalue weighted by atomic mass is 9.78. The monoisotopic (exact) mass is 324 g/mol. The van der Waals surface area contributed by atoms with Crippen LogP contribution in [0.1, 0.15) is 40.2 Å². The van der Waals surface area contributed by atoms with Crippen LogP contribution in [0.4, 0.5) is 0 Å². The Balaban J connectivity index is 2.22. The van der Waals surface area contributed by atoms with Crippen LogP contribution in [0, 0.1) is 0 Å².